The molecule has 0 amide bonds. The van der Waals surface area contributed by atoms with Crippen molar-refractivity contribution in [2.75, 3.05) is 5.75 Å². The molecule has 0 aliphatic rings. The summed E-state index contributed by atoms with van der Waals surface area (Å²) < 4.78 is 1.34. The summed E-state index contributed by atoms with van der Waals surface area (Å²) in [5.74, 6) is 0.730. The monoisotopic (exact) mass is 307 g/mol. The summed E-state index contributed by atoms with van der Waals surface area (Å²) in [6, 6.07) is 5.32. The second-order valence-electron chi connectivity index (χ2n) is 3.97. The molecule has 0 fully saturated rings. The molecule has 9 heteroatoms. The maximum Gasteiger partial charge on any atom is 0.307 e. The van der Waals surface area contributed by atoms with Gasteiger partial charge in [-0.3, -0.25) is 10.1 Å². The Balaban J connectivity index is 2.61. The standard InChI is InChI=1S/C12H13N5O3S/c1-2-21-10-5-3-4-9(11(10)12(13)15-18)16-7-8(6-14-16)17(19)20/h3-7,18H,2H2,1H3,(H2,13,15). The van der Waals surface area contributed by atoms with Crippen LogP contribution in [0.2, 0.25) is 0 Å². The lowest BCUT2D eigenvalue weighted by Crippen LogP contribution is -2.18. The molecule has 0 aliphatic carbocycles. The number of nitrogens with zero attached hydrogens (tertiary/aromatic N) is 4. The van der Waals surface area contributed by atoms with Crippen LogP contribution in [0.1, 0.15) is 12.5 Å². The quantitative estimate of drug-likeness (QED) is 0.218. The minimum Gasteiger partial charge on any atom is -0.409 e. The number of benzene rings is 1. The molecule has 1 heterocycles. The van der Waals surface area contributed by atoms with E-state index < -0.39 is 4.92 Å². The first-order chi connectivity index (χ1) is 10.1. The molecule has 0 atom stereocenters. The van der Waals surface area contributed by atoms with Gasteiger partial charge in [-0.1, -0.05) is 18.1 Å². The predicted molar refractivity (Wildman–Crippen MR) is 79.1 cm³/mol. The van der Waals surface area contributed by atoms with E-state index in [2.05, 4.69) is 10.3 Å². The van der Waals surface area contributed by atoms with Crippen LogP contribution in [-0.4, -0.2) is 31.5 Å². The van der Waals surface area contributed by atoms with Crippen LogP contribution in [0.15, 0.2) is 40.6 Å². The normalized spacial score (nSPS) is 11.6. The fourth-order valence-corrected chi connectivity index (χ4v) is 2.67. The Morgan fingerprint density at radius 1 is 1.62 bits per heavy atom. The van der Waals surface area contributed by atoms with Crippen molar-refractivity contribution in [1.82, 2.24) is 9.78 Å². The van der Waals surface area contributed by atoms with E-state index in [4.69, 9.17) is 10.9 Å². The summed E-state index contributed by atoms with van der Waals surface area (Å²) in [4.78, 5) is 11.0. The molecule has 0 spiro atoms. The Bertz CT molecular complexity index is 698. The van der Waals surface area contributed by atoms with Crippen molar-refractivity contribution in [3.63, 3.8) is 0 Å². The van der Waals surface area contributed by atoms with Crippen molar-refractivity contribution < 1.29 is 10.1 Å². The summed E-state index contributed by atoms with van der Waals surface area (Å²) >= 11 is 1.52. The minimum absolute atomic E-state index is 0.0697. The molecular weight excluding hydrogens is 294 g/mol. The first kappa shape index (κ1) is 14.9. The number of nitrogens with two attached hydrogens (primary N) is 1. The van der Waals surface area contributed by atoms with Crippen molar-refractivity contribution in [2.45, 2.75) is 11.8 Å². The van der Waals surface area contributed by atoms with E-state index in [9.17, 15) is 10.1 Å². The van der Waals surface area contributed by atoms with Gasteiger partial charge in [-0.25, -0.2) is 4.68 Å². The number of aromatic nitrogens is 2. The number of rotatable bonds is 5. The number of amidine groups is 1. The lowest BCUT2D eigenvalue weighted by atomic mass is 10.1. The molecule has 2 rings (SSSR count). The first-order valence-corrected chi connectivity index (χ1v) is 7.00. The van der Waals surface area contributed by atoms with Crippen molar-refractivity contribution in [2.24, 2.45) is 10.9 Å². The SMILES string of the molecule is CCSc1cccc(-n2cc([N+](=O)[O-])cn2)c1/C(N)=N/O. The molecule has 0 aliphatic heterocycles. The molecule has 8 nitrogen and oxygen atoms in total. The van der Waals surface area contributed by atoms with Crippen molar-refractivity contribution >= 4 is 23.3 Å². The zero-order chi connectivity index (χ0) is 15.4. The lowest BCUT2D eigenvalue weighted by Gasteiger charge is -2.12. The first-order valence-electron chi connectivity index (χ1n) is 6.01. The van der Waals surface area contributed by atoms with Crippen LogP contribution in [0.25, 0.3) is 5.69 Å². The highest BCUT2D eigenvalue weighted by Gasteiger charge is 2.17. The van der Waals surface area contributed by atoms with Gasteiger partial charge in [0.2, 0.25) is 0 Å². The Kier molecular flexibility index (Phi) is 4.43. The van der Waals surface area contributed by atoms with Crippen LogP contribution >= 0.6 is 11.8 Å². The van der Waals surface area contributed by atoms with Crippen molar-refractivity contribution in [3.05, 3.63) is 46.3 Å². The maximum atomic E-state index is 10.7. The zero-order valence-corrected chi connectivity index (χ0v) is 11.9. The van der Waals surface area contributed by atoms with Gasteiger partial charge in [0.15, 0.2) is 5.84 Å². The number of thioether (sulfide) groups is 1. The van der Waals surface area contributed by atoms with Crippen LogP contribution in [0.4, 0.5) is 5.69 Å². The molecule has 0 saturated carbocycles. The minimum atomic E-state index is -0.530. The topological polar surface area (TPSA) is 120 Å². The van der Waals surface area contributed by atoms with Gasteiger partial charge in [0.05, 0.1) is 16.2 Å². The average Bonchev–Trinajstić information content (AvgIpc) is 2.96. The number of nitro groups is 1. The molecule has 0 radical (unpaired) electrons. The van der Waals surface area contributed by atoms with E-state index >= 15 is 0 Å². The lowest BCUT2D eigenvalue weighted by molar-refractivity contribution is -0.384. The van der Waals surface area contributed by atoms with E-state index in [-0.39, 0.29) is 11.5 Å². The molecule has 2 aromatic rings. The summed E-state index contributed by atoms with van der Waals surface area (Å²) in [6.07, 6.45) is 2.43. The van der Waals surface area contributed by atoms with Gasteiger partial charge >= 0.3 is 5.69 Å². The molecule has 21 heavy (non-hydrogen) atoms. The summed E-state index contributed by atoms with van der Waals surface area (Å²) in [6.45, 7) is 1.98. The van der Waals surface area contributed by atoms with Gasteiger partial charge in [-0.15, -0.1) is 11.8 Å². The summed E-state index contributed by atoms with van der Waals surface area (Å²) in [5, 5.41) is 26.7. The van der Waals surface area contributed by atoms with Crippen LogP contribution in [0.5, 0.6) is 0 Å². The molecular formula is C12H13N5O3S. The molecule has 3 N–H and O–H groups in total. The third kappa shape index (κ3) is 2.97. The Morgan fingerprint density at radius 3 is 2.95 bits per heavy atom. The van der Waals surface area contributed by atoms with Crippen LogP contribution in [0, 0.1) is 10.1 Å². The second-order valence-corrected chi connectivity index (χ2v) is 5.27. The van der Waals surface area contributed by atoms with Gasteiger partial charge in [-0.2, -0.15) is 5.10 Å². The van der Waals surface area contributed by atoms with E-state index in [0.717, 1.165) is 16.8 Å². The van der Waals surface area contributed by atoms with E-state index in [1.807, 2.05) is 13.0 Å². The molecule has 110 valence electrons. The molecule has 1 aromatic carbocycles. The fourth-order valence-electron chi connectivity index (χ4n) is 1.83. The van der Waals surface area contributed by atoms with Crippen molar-refractivity contribution in [1.29, 1.82) is 0 Å². The van der Waals surface area contributed by atoms with Gasteiger partial charge < -0.3 is 10.9 Å². The van der Waals surface area contributed by atoms with Crippen LogP contribution in [-0.2, 0) is 0 Å². The number of hydrogen-bond donors (Lipinski definition) is 2. The third-order valence-corrected chi connectivity index (χ3v) is 3.63. The highest BCUT2D eigenvalue weighted by Crippen LogP contribution is 2.28. The number of oxime groups is 1. The highest BCUT2D eigenvalue weighted by molar-refractivity contribution is 7.99. The Hall–Kier alpha value is -2.55. The third-order valence-electron chi connectivity index (χ3n) is 2.69. The number of hydrogen-bond acceptors (Lipinski definition) is 6. The zero-order valence-electron chi connectivity index (χ0n) is 11.1. The van der Waals surface area contributed by atoms with E-state index in [1.54, 1.807) is 12.1 Å². The van der Waals surface area contributed by atoms with Crippen LogP contribution in [0.3, 0.4) is 0 Å². The van der Waals surface area contributed by atoms with Crippen LogP contribution < -0.4 is 5.73 Å². The Labute approximate surface area is 124 Å². The molecule has 1 aromatic heterocycles. The fraction of sp³-hybridized carbons (Fsp3) is 0.167. The molecule has 0 saturated heterocycles. The van der Waals surface area contributed by atoms with E-state index in [1.165, 1.54) is 22.6 Å². The second kappa shape index (κ2) is 6.27. The molecule has 0 unspecified atom stereocenters. The summed E-state index contributed by atoms with van der Waals surface area (Å²) in [5.41, 5.74) is 6.61. The van der Waals surface area contributed by atoms with Gasteiger partial charge in [-0.05, 0) is 17.9 Å². The average molecular weight is 307 g/mol. The van der Waals surface area contributed by atoms with Gasteiger partial charge in [0, 0.05) is 4.90 Å². The smallest absolute Gasteiger partial charge is 0.307 e. The maximum absolute atomic E-state index is 10.7. The van der Waals surface area contributed by atoms with Gasteiger partial charge in [0.1, 0.15) is 12.4 Å². The largest absolute Gasteiger partial charge is 0.409 e. The van der Waals surface area contributed by atoms with E-state index in [0.29, 0.717) is 11.3 Å². The summed E-state index contributed by atoms with van der Waals surface area (Å²) in [7, 11) is 0. The van der Waals surface area contributed by atoms with Crippen molar-refractivity contribution in [3.8, 4) is 5.69 Å². The predicted octanol–water partition coefficient (Wildman–Crippen LogP) is 1.99. The Morgan fingerprint density at radius 2 is 2.38 bits per heavy atom. The highest BCUT2D eigenvalue weighted by atomic mass is 32.2. The molecule has 0 bridgehead atoms. The van der Waals surface area contributed by atoms with Gasteiger partial charge in [0.25, 0.3) is 0 Å².